The van der Waals surface area contributed by atoms with E-state index in [-0.39, 0.29) is 11.3 Å². The van der Waals surface area contributed by atoms with E-state index >= 15 is 0 Å². The van der Waals surface area contributed by atoms with Crippen LogP contribution in [-0.4, -0.2) is 56.3 Å². The van der Waals surface area contributed by atoms with Crippen molar-refractivity contribution in [2.24, 2.45) is 17.3 Å². The van der Waals surface area contributed by atoms with Crippen LogP contribution >= 0.6 is 0 Å². The Balaban J connectivity index is 1.72. The lowest BCUT2D eigenvalue weighted by atomic mass is 9.64. The summed E-state index contributed by atoms with van der Waals surface area (Å²) in [6, 6.07) is 10.1. The van der Waals surface area contributed by atoms with Crippen molar-refractivity contribution < 1.29 is 14.7 Å². The van der Waals surface area contributed by atoms with Gasteiger partial charge in [0.1, 0.15) is 5.69 Å². The van der Waals surface area contributed by atoms with Gasteiger partial charge in [-0.3, -0.25) is 4.79 Å². The normalized spacial score (nSPS) is 30.6. The van der Waals surface area contributed by atoms with Crippen LogP contribution in [0.25, 0.3) is 0 Å². The van der Waals surface area contributed by atoms with E-state index in [4.69, 9.17) is 0 Å². The molecular formula is C23H34N3O3+. The fourth-order valence-electron chi connectivity index (χ4n) is 6.02. The van der Waals surface area contributed by atoms with Gasteiger partial charge in [-0.2, -0.15) is 0 Å². The summed E-state index contributed by atoms with van der Waals surface area (Å²) in [6.07, 6.45) is 5.03. The van der Waals surface area contributed by atoms with Crippen LogP contribution in [0.3, 0.4) is 0 Å². The Morgan fingerprint density at radius 3 is 2.07 bits per heavy atom. The number of carboxylic acid groups (broad SMARTS) is 1. The van der Waals surface area contributed by atoms with Crippen molar-refractivity contribution in [1.82, 2.24) is 15.1 Å². The lowest BCUT2D eigenvalue weighted by Crippen LogP contribution is -2.66. The highest BCUT2D eigenvalue weighted by Crippen LogP contribution is 2.47. The predicted molar refractivity (Wildman–Crippen MR) is 113 cm³/mol. The average Bonchev–Trinajstić information content (AvgIpc) is 2.80. The molecule has 0 saturated carbocycles. The first kappa shape index (κ1) is 20.5. The van der Waals surface area contributed by atoms with E-state index in [1.807, 2.05) is 18.2 Å². The Kier molecular flexibility index (Phi) is 6.04. The molecule has 0 spiro atoms. The number of hydrogen-bond donors (Lipinski definition) is 3. The lowest BCUT2D eigenvalue weighted by Gasteiger charge is -2.50. The van der Waals surface area contributed by atoms with Crippen molar-refractivity contribution in [3.63, 3.8) is 0 Å². The van der Waals surface area contributed by atoms with Gasteiger partial charge in [0, 0.05) is 12.8 Å². The number of carboxylic acids is 1. The van der Waals surface area contributed by atoms with Gasteiger partial charge in [-0.05, 0) is 69.9 Å². The summed E-state index contributed by atoms with van der Waals surface area (Å²) in [7, 11) is 0. The molecule has 4 rings (SSSR count). The molecule has 0 bridgehead atoms. The number of piperidine rings is 3. The van der Waals surface area contributed by atoms with Gasteiger partial charge in [0.2, 0.25) is 0 Å². The molecule has 6 heteroatoms. The van der Waals surface area contributed by atoms with Crippen LogP contribution in [0.4, 0.5) is 5.69 Å². The van der Waals surface area contributed by atoms with Gasteiger partial charge in [-0.25, -0.2) is 9.28 Å². The quantitative estimate of drug-likeness (QED) is 0.677. The minimum absolute atomic E-state index is 0.306. The molecule has 0 radical (unpaired) electrons. The van der Waals surface area contributed by atoms with Crippen molar-refractivity contribution in [3.8, 4) is 0 Å². The van der Waals surface area contributed by atoms with E-state index in [1.54, 1.807) is 0 Å². The molecule has 158 valence electrons. The molecule has 0 unspecified atom stereocenters. The van der Waals surface area contributed by atoms with Crippen LogP contribution in [0, 0.1) is 17.3 Å². The highest BCUT2D eigenvalue weighted by molar-refractivity contribution is 5.94. The molecule has 1 aromatic carbocycles. The van der Waals surface area contributed by atoms with E-state index in [0.717, 1.165) is 57.5 Å². The van der Waals surface area contributed by atoms with Crippen LogP contribution in [0.2, 0.25) is 0 Å². The van der Waals surface area contributed by atoms with Crippen LogP contribution in [0.1, 0.15) is 38.5 Å². The summed E-state index contributed by atoms with van der Waals surface area (Å²) < 4.78 is 0.328. The van der Waals surface area contributed by atoms with E-state index in [9.17, 15) is 14.7 Å². The molecule has 3 N–H and O–H groups in total. The van der Waals surface area contributed by atoms with Crippen molar-refractivity contribution in [2.75, 3.05) is 39.3 Å². The largest absolute Gasteiger partial charge is 0.481 e. The third-order valence-electron chi connectivity index (χ3n) is 7.75. The van der Waals surface area contributed by atoms with Gasteiger partial charge in [0.25, 0.3) is 0 Å². The Morgan fingerprint density at radius 1 is 0.897 bits per heavy atom. The van der Waals surface area contributed by atoms with Crippen molar-refractivity contribution in [3.05, 3.63) is 30.3 Å². The van der Waals surface area contributed by atoms with Gasteiger partial charge in [-0.15, -0.1) is 0 Å². The monoisotopic (exact) mass is 400 g/mol. The van der Waals surface area contributed by atoms with E-state index in [2.05, 4.69) is 22.8 Å². The van der Waals surface area contributed by atoms with Crippen molar-refractivity contribution >= 4 is 17.6 Å². The number of hydrogen-bond acceptors (Lipinski definition) is 4. The number of quaternary nitrogens is 1. The lowest BCUT2D eigenvalue weighted by molar-refractivity contribution is -0.153. The Bertz CT molecular complexity index is 716. The SMILES string of the molecule is O=C(O)C1CC[N+](C(=O)C2(C3CCNCC3)CCNCC2)(c2ccccc2)CC1. The van der Waals surface area contributed by atoms with E-state index < -0.39 is 5.97 Å². The molecular weight excluding hydrogens is 366 g/mol. The van der Waals surface area contributed by atoms with Crippen LogP contribution < -0.4 is 15.1 Å². The fraction of sp³-hybridized carbons (Fsp3) is 0.652. The molecule has 3 fully saturated rings. The zero-order valence-electron chi connectivity index (χ0n) is 17.2. The average molecular weight is 401 g/mol. The van der Waals surface area contributed by atoms with Crippen LogP contribution in [0.15, 0.2) is 30.3 Å². The van der Waals surface area contributed by atoms with E-state index in [0.29, 0.717) is 42.2 Å². The number of benzene rings is 1. The number of nitrogens with one attached hydrogen (secondary N) is 2. The number of para-hydroxylation sites is 1. The molecule has 3 aliphatic rings. The van der Waals surface area contributed by atoms with Crippen LogP contribution in [-0.2, 0) is 9.59 Å². The standard InChI is InChI=1S/C23H33N3O3/c27-21(28)18-8-16-26(17-9-18,20-4-2-1-3-5-20)22(29)23(10-14-25-15-11-23)19-6-12-24-13-7-19/h1-5,18-19,24-25H,6-17H2/p+1. The number of aliphatic carboxylic acids is 1. The maximum Gasteiger partial charge on any atom is 0.325 e. The molecule has 0 aliphatic carbocycles. The highest BCUT2D eigenvalue weighted by Gasteiger charge is 2.57. The third-order valence-corrected chi connectivity index (χ3v) is 7.75. The summed E-state index contributed by atoms with van der Waals surface area (Å²) in [5.74, 6) is -0.297. The Hall–Kier alpha value is -1.76. The molecule has 0 aromatic heterocycles. The summed E-state index contributed by atoms with van der Waals surface area (Å²) in [5.41, 5.74) is 0.729. The Labute approximate surface area is 173 Å². The zero-order chi connectivity index (χ0) is 20.3. The first-order valence-electron chi connectivity index (χ1n) is 11.2. The minimum atomic E-state index is -0.724. The van der Waals surface area contributed by atoms with Gasteiger partial charge in [0.05, 0.1) is 24.4 Å². The maximum absolute atomic E-state index is 14.5. The predicted octanol–water partition coefficient (Wildman–Crippen LogP) is 2.38. The zero-order valence-corrected chi connectivity index (χ0v) is 17.2. The van der Waals surface area contributed by atoms with Gasteiger partial charge >= 0.3 is 11.9 Å². The molecule has 3 saturated heterocycles. The summed E-state index contributed by atoms with van der Waals surface area (Å²) >= 11 is 0. The van der Waals surface area contributed by atoms with Crippen molar-refractivity contribution in [2.45, 2.75) is 38.5 Å². The summed E-state index contributed by atoms with van der Waals surface area (Å²) in [6.45, 7) is 4.95. The summed E-state index contributed by atoms with van der Waals surface area (Å²) in [4.78, 5) is 26.1. The number of likely N-dealkylation sites (tertiary alicyclic amines) is 1. The molecule has 3 heterocycles. The third kappa shape index (κ3) is 3.74. The highest BCUT2D eigenvalue weighted by atomic mass is 16.4. The smallest absolute Gasteiger partial charge is 0.325 e. The molecule has 1 aromatic rings. The number of carbonyl (C=O) groups is 2. The number of nitrogens with zero attached hydrogens (tertiary/aromatic N) is 1. The number of carbonyl (C=O) groups excluding carboxylic acids is 1. The van der Waals surface area contributed by atoms with E-state index in [1.165, 1.54) is 0 Å². The molecule has 0 atom stereocenters. The minimum Gasteiger partial charge on any atom is -0.481 e. The fourth-order valence-corrected chi connectivity index (χ4v) is 6.02. The Morgan fingerprint density at radius 2 is 1.48 bits per heavy atom. The molecule has 3 aliphatic heterocycles. The second kappa shape index (κ2) is 8.54. The maximum atomic E-state index is 14.5. The molecule has 29 heavy (non-hydrogen) atoms. The first-order valence-corrected chi connectivity index (χ1v) is 11.2. The second-order valence-corrected chi connectivity index (χ2v) is 9.10. The molecule has 6 nitrogen and oxygen atoms in total. The van der Waals surface area contributed by atoms with Gasteiger partial charge in [0.15, 0.2) is 0 Å². The van der Waals surface area contributed by atoms with Crippen LogP contribution in [0.5, 0.6) is 0 Å². The van der Waals surface area contributed by atoms with Gasteiger partial charge < -0.3 is 15.7 Å². The van der Waals surface area contributed by atoms with Gasteiger partial charge in [-0.1, -0.05) is 18.2 Å². The number of amides is 1. The van der Waals surface area contributed by atoms with Crippen molar-refractivity contribution in [1.29, 1.82) is 0 Å². The topological polar surface area (TPSA) is 78.4 Å². The first-order chi connectivity index (χ1) is 14.1. The summed E-state index contributed by atoms with van der Waals surface area (Å²) in [5, 5.41) is 16.4. The second-order valence-electron chi connectivity index (χ2n) is 9.10. The molecule has 1 amide bonds. The number of rotatable bonds is 4.